The lowest BCUT2D eigenvalue weighted by molar-refractivity contribution is -0.135. The highest BCUT2D eigenvalue weighted by molar-refractivity contribution is 5.97. The van der Waals surface area contributed by atoms with Gasteiger partial charge >= 0.3 is 0 Å². The van der Waals surface area contributed by atoms with E-state index in [1.165, 1.54) is 24.3 Å². The minimum atomic E-state index is -0.585. The molecule has 1 heterocycles. The molecule has 2 unspecified atom stereocenters. The zero-order valence-corrected chi connectivity index (χ0v) is 13.8. The van der Waals surface area contributed by atoms with E-state index in [1.807, 2.05) is 20.8 Å². The Kier molecular flexibility index (Phi) is 5.71. The number of benzene rings is 1. The van der Waals surface area contributed by atoms with E-state index in [4.69, 9.17) is 0 Å². The molecule has 6 heteroatoms. The van der Waals surface area contributed by atoms with Crippen molar-refractivity contribution in [2.45, 2.75) is 32.9 Å². The van der Waals surface area contributed by atoms with E-state index in [0.717, 1.165) is 6.54 Å². The topological polar surface area (TPSA) is 61.4 Å². The highest BCUT2D eigenvalue weighted by Gasteiger charge is 2.30. The summed E-state index contributed by atoms with van der Waals surface area (Å²) in [5.74, 6) is -0.853. The summed E-state index contributed by atoms with van der Waals surface area (Å²) in [6.45, 7) is 7.86. The van der Waals surface area contributed by atoms with Crippen LogP contribution in [-0.2, 0) is 4.79 Å². The van der Waals surface area contributed by atoms with E-state index >= 15 is 0 Å². The second-order valence-electron chi connectivity index (χ2n) is 6.34. The lowest BCUT2D eigenvalue weighted by Crippen LogP contribution is -2.57. The Bertz CT molecular complexity index is 559. The molecular formula is C17H24FN3O2. The fourth-order valence-corrected chi connectivity index (χ4v) is 2.67. The minimum absolute atomic E-state index is 0.0305. The number of carbonyl (C=O) groups is 2. The van der Waals surface area contributed by atoms with Crippen LogP contribution >= 0.6 is 0 Å². The van der Waals surface area contributed by atoms with Gasteiger partial charge in [0.1, 0.15) is 11.9 Å². The highest BCUT2D eigenvalue weighted by atomic mass is 19.1. The molecule has 1 aliphatic rings. The van der Waals surface area contributed by atoms with Gasteiger partial charge in [0.2, 0.25) is 5.91 Å². The van der Waals surface area contributed by atoms with Crippen molar-refractivity contribution in [1.82, 2.24) is 15.5 Å². The quantitative estimate of drug-likeness (QED) is 0.881. The van der Waals surface area contributed by atoms with Gasteiger partial charge in [-0.3, -0.25) is 9.59 Å². The number of hydrogen-bond acceptors (Lipinski definition) is 3. The molecule has 1 aromatic carbocycles. The summed E-state index contributed by atoms with van der Waals surface area (Å²) in [6.07, 6.45) is 0. The van der Waals surface area contributed by atoms with E-state index < -0.39 is 11.9 Å². The van der Waals surface area contributed by atoms with Gasteiger partial charge in [-0.1, -0.05) is 13.8 Å². The van der Waals surface area contributed by atoms with Gasteiger partial charge in [0.25, 0.3) is 5.91 Å². The van der Waals surface area contributed by atoms with Gasteiger partial charge < -0.3 is 15.5 Å². The molecule has 1 saturated heterocycles. The summed E-state index contributed by atoms with van der Waals surface area (Å²) in [5.41, 5.74) is 0.346. The summed E-state index contributed by atoms with van der Waals surface area (Å²) in [4.78, 5) is 26.8. The lowest BCUT2D eigenvalue weighted by atomic mass is 10.0. The summed E-state index contributed by atoms with van der Waals surface area (Å²) in [6, 6.07) is 4.96. The molecule has 0 aliphatic carbocycles. The fraction of sp³-hybridized carbons (Fsp3) is 0.529. The molecule has 2 atom stereocenters. The molecule has 2 rings (SSSR count). The largest absolute Gasteiger partial charge is 0.340 e. The molecular weight excluding hydrogens is 297 g/mol. The zero-order valence-electron chi connectivity index (χ0n) is 13.8. The Morgan fingerprint density at radius 3 is 2.52 bits per heavy atom. The SMILES string of the molecule is CC1CN(C(=O)C(NC(=O)c2ccc(F)cc2)C(C)C)CCN1. The Morgan fingerprint density at radius 1 is 1.30 bits per heavy atom. The first-order valence-corrected chi connectivity index (χ1v) is 7.97. The zero-order chi connectivity index (χ0) is 17.0. The van der Waals surface area contributed by atoms with E-state index in [9.17, 15) is 14.0 Å². The van der Waals surface area contributed by atoms with Crippen molar-refractivity contribution in [3.63, 3.8) is 0 Å². The molecule has 1 fully saturated rings. The molecule has 23 heavy (non-hydrogen) atoms. The smallest absolute Gasteiger partial charge is 0.251 e. The molecule has 0 radical (unpaired) electrons. The van der Waals surface area contributed by atoms with Crippen LogP contribution in [0.4, 0.5) is 4.39 Å². The van der Waals surface area contributed by atoms with Crippen molar-refractivity contribution in [2.24, 2.45) is 5.92 Å². The maximum absolute atomic E-state index is 13.0. The number of carbonyl (C=O) groups excluding carboxylic acids is 2. The van der Waals surface area contributed by atoms with Gasteiger partial charge in [-0.25, -0.2) is 4.39 Å². The maximum atomic E-state index is 13.0. The van der Waals surface area contributed by atoms with Crippen LogP contribution in [0.25, 0.3) is 0 Å². The summed E-state index contributed by atoms with van der Waals surface area (Å²) in [5, 5.41) is 6.08. The number of piperazine rings is 1. The van der Waals surface area contributed by atoms with Crippen LogP contribution in [0.3, 0.4) is 0 Å². The van der Waals surface area contributed by atoms with Crippen molar-refractivity contribution < 1.29 is 14.0 Å². The van der Waals surface area contributed by atoms with E-state index in [2.05, 4.69) is 10.6 Å². The minimum Gasteiger partial charge on any atom is -0.340 e. The van der Waals surface area contributed by atoms with Crippen LogP contribution in [0.5, 0.6) is 0 Å². The van der Waals surface area contributed by atoms with Crippen molar-refractivity contribution in [2.75, 3.05) is 19.6 Å². The van der Waals surface area contributed by atoms with Gasteiger partial charge in [0.05, 0.1) is 0 Å². The van der Waals surface area contributed by atoms with Crippen molar-refractivity contribution in [3.8, 4) is 0 Å². The first kappa shape index (κ1) is 17.4. The molecule has 5 nitrogen and oxygen atoms in total. The predicted octanol–water partition coefficient (Wildman–Crippen LogP) is 1.40. The molecule has 2 amide bonds. The molecule has 126 valence electrons. The van der Waals surface area contributed by atoms with Crippen LogP contribution in [0, 0.1) is 11.7 Å². The average molecular weight is 321 g/mol. The number of nitrogens with one attached hydrogen (secondary N) is 2. The number of hydrogen-bond donors (Lipinski definition) is 2. The third kappa shape index (κ3) is 4.51. The number of nitrogens with zero attached hydrogens (tertiary/aromatic N) is 1. The maximum Gasteiger partial charge on any atom is 0.251 e. The normalized spacial score (nSPS) is 19.5. The van der Waals surface area contributed by atoms with Crippen molar-refractivity contribution in [3.05, 3.63) is 35.6 Å². The fourth-order valence-electron chi connectivity index (χ4n) is 2.67. The van der Waals surface area contributed by atoms with Crippen LogP contribution in [0.2, 0.25) is 0 Å². The molecule has 0 aromatic heterocycles. The van der Waals surface area contributed by atoms with Crippen molar-refractivity contribution in [1.29, 1.82) is 0 Å². The van der Waals surface area contributed by atoms with Crippen molar-refractivity contribution >= 4 is 11.8 Å². The summed E-state index contributed by atoms with van der Waals surface area (Å²) < 4.78 is 13.0. The number of rotatable bonds is 4. The molecule has 0 bridgehead atoms. The van der Waals surface area contributed by atoms with Crippen LogP contribution in [0.1, 0.15) is 31.1 Å². The average Bonchev–Trinajstić information content (AvgIpc) is 2.52. The Balaban J connectivity index is 2.07. The molecule has 2 N–H and O–H groups in total. The molecule has 0 spiro atoms. The molecule has 0 saturated carbocycles. The van der Waals surface area contributed by atoms with E-state index in [1.54, 1.807) is 4.90 Å². The Labute approximate surface area is 136 Å². The third-order valence-electron chi connectivity index (χ3n) is 4.01. The highest BCUT2D eigenvalue weighted by Crippen LogP contribution is 2.11. The lowest BCUT2D eigenvalue weighted by Gasteiger charge is -2.35. The number of halogens is 1. The second kappa shape index (κ2) is 7.55. The van der Waals surface area contributed by atoms with Crippen LogP contribution < -0.4 is 10.6 Å². The van der Waals surface area contributed by atoms with Gasteiger partial charge in [-0.05, 0) is 37.1 Å². The third-order valence-corrected chi connectivity index (χ3v) is 4.01. The Morgan fingerprint density at radius 2 is 1.96 bits per heavy atom. The van der Waals surface area contributed by atoms with Gasteiger partial charge in [-0.2, -0.15) is 0 Å². The Hall–Kier alpha value is -1.95. The van der Waals surface area contributed by atoms with Crippen LogP contribution in [0.15, 0.2) is 24.3 Å². The number of amides is 2. The van der Waals surface area contributed by atoms with E-state index in [0.29, 0.717) is 18.7 Å². The summed E-state index contributed by atoms with van der Waals surface area (Å²) in [7, 11) is 0. The summed E-state index contributed by atoms with van der Waals surface area (Å²) >= 11 is 0. The predicted molar refractivity (Wildman–Crippen MR) is 86.5 cm³/mol. The first-order chi connectivity index (χ1) is 10.9. The standard InChI is InChI=1S/C17H24FN3O2/c1-11(2)15(17(23)21-9-8-19-12(3)10-21)20-16(22)13-4-6-14(18)7-5-13/h4-7,11-12,15,19H,8-10H2,1-3H3,(H,20,22). The first-order valence-electron chi connectivity index (χ1n) is 7.97. The van der Waals surface area contributed by atoms with Gasteiger partial charge in [-0.15, -0.1) is 0 Å². The van der Waals surface area contributed by atoms with Crippen LogP contribution in [-0.4, -0.2) is 48.4 Å². The van der Waals surface area contributed by atoms with E-state index in [-0.39, 0.29) is 23.8 Å². The van der Waals surface area contributed by atoms with Gasteiger partial charge in [0.15, 0.2) is 0 Å². The molecule has 1 aromatic rings. The molecule has 1 aliphatic heterocycles. The monoisotopic (exact) mass is 321 g/mol. The second-order valence-corrected chi connectivity index (χ2v) is 6.34. The van der Waals surface area contributed by atoms with Gasteiger partial charge in [0, 0.05) is 31.2 Å².